The van der Waals surface area contributed by atoms with Crippen molar-refractivity contribution in [1.29, 1.82) is 0 Å². The Morgan fingerprint density at radius 3 is 1.70 bits per heavy atom. The number of ether oxygens (including phenoxy) is 4. The Kier molecular flexibility index (Phi) is 35.4. The minimum absolute atomic E-state index is 0.00536. The number of rotatable bonds is 38. The topological polar surface area (TPSA) is 178 Å². The second-order valence-corrected chi connectivity index (χ2v) is 16.3. The van der Waals surface area contributed by atoms with Gasteiger partial charge in [0.1, 0.15) is 30.5 Å². The number of unbranched alkanes of at least 4 members (excludes halogenated alkanes) is 13. The third kappa shape index (κ3) is 31.4. The first-order chi connectivity index (χ1) is 29.1. The van der Waals surface area contributed by atoms with E-state index < -0.39 is 59.8 Å². The highest BCUT2D eigenvalue weighted by molar-refractivity contribution is 7.80. The summed E-state index contributed by atoms with van der Waals surface area (Å²) in [6.45, 7) is 3.77. The van der Waals surface area contributed by atoms with E-state index in [9.17, 15) is 28.5 Å². The summed E-state index contributed by atoms with van der Waals surface area (Å²) in [6.07, 6.45) is 39.4. The maximum atomic E-state index is 12.8. The Balaban J connectivity index is 2.49. The van der Waals surface area contributed by atoms with Gasteiger partial charge in [-0.15, -0.1) is 0 Å². The number of hydrogen-bond acceptors (Lipinski definition) is 11. The van der Waals surface area contributed by atoms with E-state index in [1.807, 2.05) is 6.08 Å². The summed E-state index contributed by atoms with van der Waals surface area (Å²) in [6, 6.07) is 0. The molecular formula is C47H80O12S. The summed E-state index contributed by atoms with van der Waals surface area (Å²) in [5.41, 5.74) is 0. The van der Waals surface area contributed by atoms with Gasteiger partial charge in [0.2, 0.25) is 0 Å². The summed E-state index contributed by atoms with van der Waals surface area (Å²) in [4.78, 5) is 12.8. The number of aliphatic hydroxyl groups is 3. The van der Waals surface area contributed by atoms with Gasteiger partial charge in [-0.05, 0) is 77.0 Å². The molecule has 1 saturated heterocycles. The molecule has 0 saturated carbocycles. The average Bonchev–Trinajstić information content (AvgIpc) is 3.22. The molecule has 0 radical (unpaired) electrons. The SMILES string of the molecule is CC/C=C\C/C=C\C/C=C\C/C=C\C/C=C\CCCC(=O)OC(COCCCCCCCC/C=C\CCCCCCCC)COC1OC(CO)C(O)C(OS(=O)(=O)O)C1O. The molecule has 6 atom stereocenters. The van der Waals surface area contributed by atoms with E-state index in [1.165, 1.54) is 57.8 Å². The Morgan fingerprint density at radius 2 is 1.15 bits per heavy atom. The molecule has 60 heavy (non-hydrogen) atoms. The monoisotopic (exact) mass is 869 g/mol. The molecule has 1 rings (SSSR count). The largest absolute Gasteiger partial charge is 0.457 e. The summed E-state index contributed by atoms with van der Waals surface area (Å²) < 4.78 is 59.0. The predicted molar refractivity (Wildman–Crippen MR) is 239 cm³/mol. The molecule has 1 aliphatic heterocycles. The summed E-state index contributed by atoms with van der Waals surface area (Å²) in [5.74, 6) is -0.460. The highest BCUT2D eigenvalue weighted by atomic mass is 32.3. The standard InChI is InChI=1S/C47H80O12S/c1-3-5-7-9-11-13-15-17-19-21-22-24-26-28-30-32-34-36-43(49)57-41(40-56-47-45(51)46(59-60(52,53)54)44(50)42(38-48)58-47)39-55-37-35-33-31-29-27-25-23-20-18-16-14-12-10-8-6-4-2/h5,7,11,13,17-20,22,24,28,30,41-42,44-48,50-51H,3-4,6,8-10,12,14-16,21,23,25-27,29,31-40H2,1-2H3,(H,52,53,54)/b7-5-,13-11-,19-17-,20-18-,24-22-,30-28-. The number of carbonyl (C=O) groups is 1. The van der Waals surface area contributed by atoms with E-state index in [1.54, 1.807) is 0 Å². The van der Waals surface area contributed by atoms with Crippen LogP contribution in [0.15, 0.2) is 72.9 Å². The van der Waals surface area contributed by atoms with E-state index in [0.717, 1.165) is 64.2 Å². The molecular weight excluding hydrogens is 789 g/mol. The van der Waals surface area contributed by atoms with Gasteiger partial charge in [0.25, 0.3) is 0 Å². The van der Waals surface area contributed by atoms with Crippen molar-refractivity contribution in [2.45, 2.75) is 192 Å². The van der Waals surface area contributed by atoms with Crippen molar-refractivity contribution in [3.8, 4) is 0 Å². The number of esters is 1. The summed E-state index contributed by atoms with van der Waals surface area (Å²) in [7, 11) is -5.07. The van der Waals surface area contributed by atoms with Crippen LogP contribution in [0.5, 0.6) is 0 Å². The lowest BCUT2D eigenvalue weighted by molar-refractivity contribution is -0.301. The third-order valence-corrected chi connectivity index (χ3v) is 10.3. The zero-order chi connectivity index (χ0) is 43.9. The van der Waals surface area contributed by atoms with E-state index in [4.69, 9.17) is 23.5 Å². The lowest BCUT2D eigenvalue weighted by atomic mass is 9.99. The highest BCUT2D eigenvalue weighted by Crippen LogP contribution is 2.26. The van der Waals surface area contributed by atoms with Gasteiger partial charge in [0, 0.05) is 13.0 Å². The second kappa shape index (κ2) is 38.2. The van der Waals surface area contributed by atoms with Gasteiger partial charge in [-0.3, -0.25) is 9.35 Å². The third-order valence-electron chi connectivity index (χ3n) is 9.81. The minimum atomic E-state index is -5.07. The van der Waals surface area contributed by atoms with Gasteiger partial charge in [0.05, 0.1) is 19.8 Å². The molecule has 0 aromatic rings. The molecule has 1 heterocycles. The molecule has 0 aromatic heterocycles. The van der Waals surface area contributed by atoms with Gasteiger partial charge in [-0.1, -0.05) is 145 Å². The zero-order valence-electron chi connectivity index (χ0n) is 36.7. The molecule has 1 aliphatic rings. The summed E-state index contributed by atoms with van der Waals surface area (Å²) >= 11 is 0. The Bertz CT molecular complexity index is 1330. The van der Waals surface area contributed by atoms with Crippen LogP contribution in [0.3, 0.4) is 0 Å². The number of hydrogen-bond donors (Lipinski definition) is 4. The molecule has 1 fully saturated rings. The lowest BCUT2D eigenvalue weighted by Gasteiger charge is -2.41. The first kappa shape index (κ1) is 55.6. The van der Waals surface area contributed by atoms with Crippen LogP contribution in [0.2, 0.25) is 0 Å². The maximum absolute atomic E-state index is 12.8. The molecule has 0 aliphatic carbocycles. The second-order valence-electron chi connectivity index (χ2n) is 15.3. The van der Waals surface area contributed by atoms with Crippen LogP contribution in [0.4, 0.5) is 0 Å². The molecule has 12 nitrogen and oxygen atoms in total. The summed E-state index contributed by atoms with van der Waals surface area (Å²) in [5, 5.41) is 30.7. The molecule has 0 spiro atoms. The molecule has 0 bridgehead atoms. The molecule has 6 unspecified atom stereocenters. The highest BCUT2D eigenvalue weighted by Gasteiger charge is 2.48. The number of allylic oxidation sites excluding steroid dienone is 12. The first-order valence-electron chi connectivity index (χ1n) is 22.7. The van der Waals surface area contributed by atoms with Gasteiger partial charge in [-0.25, -0.2) is 4.18 Å². The van der Waals surface area contributed by atoms with Gasteiger partial charge < -0.3 is 34.3 Å². The van der Waals surface area contributed by atoms with Gasteiger partial charge >= 0.3 is 16.4 Å². The van der Waals surface area contributed by atoms with Crippen molar-refractivity contribution in [2.75, 3.05) is 26.4 Å². The Morgan fingerprint density at radius 1 is 0.650 bits per heavy atom. The fourth-order valence-corrected chi connectivity index (χ4v) is 6.92. The normalized spacial score (nSPS) is 20.9. The smallest absolute Gasteiger partial charge is 0.397 e. The van der Waals surface area contributed by atoms with Crippen LogP contribution in [0, 0.1) is 0 Å². The maximum Gasteiger partial charge on any atom is 0.397 e. The van der Waals surface area contributed by atoms with Gasteiger partial charge in [-0.2, -0.15) is 8.42 Å². The van der Waals surface area contributed by atoms with Crippen LogP contribution >= 0.6 is 0 Å². The van der Waals surface area contributed by atoms with E-state index in [0.29, 0.717) is 19.4 Å². The molecule has 0 aromatic carbocycles. The van der Waals surface area contributed by atoms with Crippen LogP contribution < -0.4 is 0 Å². The molecule has 346 valence electrons. The van der Waals surface area contributed by atoms with E-state index in [2.05, 4.69) is 84.9 Å². The average molecular weight is 869 g/mol. The van der Waals surface area contributed by atoms with Crippen LogP contribution in [-0.4, -0.2) is 97.5 Å². The Hall–Kier alpha value is -2.46. The fraction of sp³-hybridized carbons (Fsp3) is 0.723. The molecule has 0 amide bonds. The quantitative estimate of drug-likeness (QED) is 0.0200. The lowest BCUT2D eigenvalue weighted by Crippen LogP contribution is -2.60. The van der Waals surface area contributed by atoms with Gasteiger partial charge in [0.15, 0.2) is 6.29 Å². The molecule has 13 heteroatoms. The first-order valence-corrected chi connectivity index (χ1v) is 24.1. The van der Waals surface area contributed by atoms with Crippen molar-refractivity contribution in [3.63, 3.8) is 0 Å². The number of carbonyl (C=O) groups excluding carboxylic acids is 1. The van der Waals surface area contributed by atoms with Crippen LogP contribution in [0.25, 0.3) is 0 Å². The van der Waals surface area contributed by atoms with Crippen LogP contribution in [0.1, 0.15) is 155 Å². The predicted octanol–water partition coefficient (Wildman–Crippen LogP) is 9.52. The van der Waals surface area contributed by atoms with E-state index >= 15 is 0 Å². The van der Waals surface area contributed by atoms with Crippen molar-refractivity contribution < 1.29 is 56.2 Å². The minimum Gasteiger partial charge on any atom is -0.457 e. The van der Waals surface area contributed by atoms with E-state index in [-0.39, 0.29) is 19.6 Å². The van der Waals surface area contributed by atoms with Crippen molar-refractivity contribution in [1.82, 2.24) is 0 Å². The van der Waals surface area contributed by atoms with Crippen molar-refractivity contribution in [2.24, 2.45) is 0 Å². The Labute approximate surface area is 362 Å². The number of aliphatic hydroxyl groups excluding tert-OH is 3. The van der Waals surface area contributed by atoms with Crippen LogP contribution in [-0.2, 0) is 38.3 Å². The fourth-order valence-electron chi connectivity index (χ4n) is 6.41. The van der Waals surface area contributed by atoms with Crippen molar-refractivity contribution >= 4 is 16.4 Å². The van der Waals surface area contributed by atoms with Crippen molar-refractivity contribution in [3.05, 3.63) is 72.9 Å². The zero-order valence-corrected chi connectivity index (χ0v) is 37.6. The molecule has 4 N–H and O–H groups in total.